The number of allylic oxidation sites excluding steroid dienone is 2. The fourth-order valence-corrected chi connectivity index (χ4v) is 7.37. The summed E-state index contributed by atoms with van der Waals surface area (Å²) < 4.78 is 0. The predicted molar refractivity (Wildman–Crippen MR) is 210 cm³/mol. The maximum atomic E-state index is 14.7. The molecule has 2 bridgehead atoms. The third-order valence-electron chi connectivity index (χ3n) is 9.97. The molecule has 1 aliphatic heterocycles. The van der Waals surface area contributed by atoms with Crippen molar-refractivity contribution >= 4 is 52.1 Å². The molecule has 1 unspecified atom stereocenters. The maximum Gasteiger partial charge on any atom is 0.261 e. The molecule has 6 nitrogen and oxygen atoms in total. The number of rotatable bonds is 3. The van der Waals surface area contributed by atoms with Gasteiger partial charge in [-0.15, -0.1) is 0 Å². The van der Waals surface area contributed by atoms with Crippen LogP contribution >= 0.6 is 0 Å². The SMILES string of the molecule is CC.CC.CN1C(=O)c2ccc3c4c(ccc(c24)C1=O)C1C=CC(C=O)=c2c(C(=O)N(C)c4cc(C(C)(C)C)ccc4C(C)(C)C)ccc-3c2=C1. The number of imide groups is 1. The first-order valence-corrected chi connectivity index (χ1v) is 18.0. The molecule has 6 heteroatoms. The van der Waals surface area contributed by atoms with Crippen LogP contribution in [-0.2, 0) is 15.6 Å². The van der Waals surface area contributed by atoms with E-state index in [-0.39, 0.29) is 34.5 Å². The van der Waals surface area contributed by atoms with Crippen LogP contribution in [0, 0.1) is 0 Å². The summed E-state index contributed by atoms with van der Waals surface area (Å²) >= 11 is 0. The molecule has 1 atom stereocenters. The number of carbonyl (C=O) groups is 4. The Bertz CT molecular complexity index is 2260. The first-order chi connectivity index (χ1) is 24.1. The van der Waals surface area contributed by atoms with Crippen LogP contribution in [0.4, 0.5) is 5.69 Å². The van der Waals surface area contributed by atoms with Gasteiger partial charge in [-0.05, 0) is 73.5 Å². The highest BCUT2D eigenvalue weighted by Gasteiger charge is 2.34. The fourth-order valence-electron chi connectivity index (χ4n) is 7.37. The number of hydrogen-bond donors (Lipinski definition) is 0. The molecule has 0 aromatic heterocycles. The van der Waals surface area contributed by atoms with Gasteiger partial charge < -0.3 is 4.90 Å². The third kappa shape index (κ3) is 5.94. The van der Waals surface area contributed by atoms with Crippen molar-refractivity contribution in [1.82, 2.24) is 4.90 Å². The van der Waals surface area contributed by atoms with Crippen LogP contribution < -0.4 is 15.3 Å². The Labute approximate surface area is 302 Å². The highest BCUT2D eigenvalue weighted by molar-refractivity contribution is 6.27. The van der Waals surface area contributed by atoms with Gasteiger partial charge in [0.25, 0.3) is 17.7 Å². The number of fused-ring (bicyclic) bond motifs is 3. The van der Waals surface area contributed by atoms with E-state index in [0.29, 0.717) is 32.9 Å². The lowest BCUT2D eigenvalue weighted by molar-refractivity contribution is -0.103. The molecule has 0 saturated carbocycles. The van der Waals surface area contributed by atoms with Crippen molar-refractivity contribution in [2.75, 3.05) is 19.0 Å². The number of carbonyl (C=O) groups excluding carboxylic acids is 4. The van der Waals surface area contributed by atoms with Crippen LogP contribution in [0.15, 0.2) is 66.7 Å². The number of nitrogens with zero attached hydrogens (tertiary/aromatic N) is 2. The molecule has 0 saturated heterocycles. The van der Waals surface area contributed by atoms with E-state index in [1.54, 1.807) is 30.2 Å². The van der Waals surface area contributed by atoms with Crippen LogP contribution in [-0.4, -0.2) is 43.0 Å². The van der Waals surface area contributed by atoms with Crippen molar-refractivity contribution < 1.29 is 19.2 Å². The maximum absolute atomic E-state index is 14.7. The highest BCUT2D eigenvalue weighted by Crippen LogP contribution is 2.42. The molecule has 0 spiro atoms. The summed E-state index contributed by atoms with van der Waals surface area (Å²) in [5.74, 6) is -1.12. The molecule has 7 rings (SSSR count). The van der Waals surface area contributed by atoms with E-state index in [0.717, 1.165) is 55.3 Å². The summed E-state index contributed by atoms with van der Waals surface area (Å²) in [4.78, 5) is 56.7. The Morgan fingerprint density at radius 1 is 0.765 bits per heavy atom. The van der Waals surface area contributed by atoms with Crippen LogP contribution in [0.25, 0.3) is 33.5 Å². The zero-order valence-corrected chi connectivity index (χ0v) is 32.1. The summed E-state index contributed by atoms with van der Waals surface area (Å²) in [6.07, 6.45) is 6.69. The van der Waals surface area contributed by atoms with Crippen molar-refractivity contribution in [1.29, 1.82) is 0 Å². The first-order valence-electron chi connectivity index (χ1n) is 18.0. The van der Waals surface area contributed by atoms with Crippen LogP contribution in [0.5, 0.6) is 0 Å². The Balaban J connectivity index is 0.00000122. The lowest BCUT2D eigenvalue weighted by Gasteiger charge is -2.31. The van der Waals surface area contributed by atoms with Gasteiger partial charge in [-0.3, -0.25) is 24.1 Å². The van der Waals surface area contributed by atoms with Crippen molar-refractivity contribution in [2.24, 2.45) is 0 Å². The largest absolute Gasteiger partial charge is 0.311 e. The molecule has 4 aromatic rings. The van der Waals surface area contributed by atoms with Gasteiger partial charge in [-0.2, -0.15) is 0 Å². The van der Waals surface area contributed by atoms with Crippen molar-refractivity contribution in [3.63, 3.8) is 0 Å². The monoisotopic (exact) mass is 682 g/mol. The quantitative estimate of drug-likeness (QED) is 0.161. The van der Waals surface area contributed by atoms with Gasteiger partial charge in [0.15, 0.2) is 6.29 Å². The molecule has 3 amide bonds. The molecule has 0 fully saturated rings. The number of anilines is 1. The van der Waals surface area contributed by atoms with Crippen molar-refractivity contribution in [3.8, 4) is 11.1 Å². The van der Waals surface area contributed by atoms with Gasteiger partial charge in [0, 0.05) is 58.6 Å². The topological polar surface area (TPSA) is 74.8 Å². The van der Waals surface area contributed by atoms with Gasteiger partial charge in [-0.1, -0.05) is 118 Å². The molecule has 0 N–H and O–H groups in total. The van der Waals surface area contributed by atoms with Gasteiger partial charge in [0.2, 0.25) is 0 Å². The minimum absolute atomic E-state index is 0.114. The second kappa shape index (κ2) is 13.6. The van der Waals surface area contributed by atoms with E-state index in [1.807, 2.05) is 58.0 Å². The molecule has 1 heterocycles. The third-order valence-corrected chi connectivity index (χ3v) is 9.97. The standard InChI is InChI=1S/C41H38N2O4.2C2H6/c1-40(2,3)24-11-18-32(41(4,5)6)33(20-24)42(7)37(45)28-16-13-26-27-14-17-30-36-29(38(46)43(8)39(30)47)15-12-25(35(27)36)22-9-10-23(21-44)34(28)31(26)19-22;2*1-2/h9-22H,1-8H3;2*1-2H3. The van der Waals surface area contributed by atoms with E-state index >= 15 is 0 Å². The van der Waals surface area contributed by atoms with E-state index in [1.165, 1.54) is 7.05 Å². The van der Waals surface area contributed by atoms with E-state index < -0.39 is 0 Å². The fraction of sp³-hybridized carbons (Fsp3) is 0.333. The molecular formula is C45H50N2O4. The van der Waals surface area contributed by atoms with E-state index in [4.69, 9.17) is 0 Å². The molecule has 51 heavy (non-hydrogen) atoms. The Morgan fingerprint density at radius 3 is 1.94 bits per heavy atom. The van der Waals surface area contributed by atoms with Gasteiger partial charge in [0.1, 0.15) is 0 Å². The lowest BCUT2D eigenvalue weighted by Crippen LogP contribution is -2.40. The molecule has 3 aliphatic rings. The molecule has 4 aromatic carbocycles. The highest BCUT2D eigenvalue weighted by atomic mass is 16.2. The average molecular weight is 683 g/mol. The van der Waals surface area contributed by atoms with Gasteiger partial charge in [0.05, 0.1) is 0 Å². The van der Waals surface area contributed by atoms with Crippen LogP contribution in [0.3, 0.4) is 0 Å². The zero-order chi connectivity index (χ0) is 37.7. The van der Waals surface area contributed by atoms with Crippen molar-refractivity contribution in [3.05, 3.63) is 111 Å². The normalized spacial score (nSPS) is 15.5. The zero-order valence-electron chi connectivity index (χ0n) is 32.1. The molecule has 264 valence electrons. The molecule has 0 radical (unpaired) electrons. The van der Waals surface area contributed by atoms with Gasteiger partial charge in [-0.25, -0.2) is 0 Å². The second-order valence-corrected chi connectivity index (χ2v) is 15.0. The Hall–Kier alpha value is -5.10. The van der Waals surface area contributed by atoms with E-state index in [9.17, 15) is 19.2 Å². The number of hydrogen-bond acceptors (Lipinski definition) is 4. The van der Waals surface area contributed by atoms with E-state index in [2.05, 4.69) is 65.8 Å². The predicted octanol–water partition coefficient (Wildman–Crippen LogP) is 8.45. The summed E-state index contributed by atoms with van der Waals surface area (Å²) in [5.41, 5.74) is 7.18. The Morgan fingerprint density at radius 2 is 1.35 bits per heavy atom. The molecular weight excluding hydrogens is 633 g/mol. The smallest absolute Gasteiger partial charge is 0.261 e. The second-order valence-electron chi connectivity index (χ2n) is 15.0. The minimum Gasteiger partial charge on any atom is -0.311 e. The summed E-state index contributed by atoms with van der Waals surface area (Å²) in [6.45, 7) is 20.9. The molecule has 2 aliphatic carbocycles. The number of benzene rings is 4. The average Bonchev–Trinajstić information content (AvgIpc) is 3.40. The first kappa shape index (κ1) is 37.2. The number of amides is 3. The van der Waals surface area contributed by atoms with Crippen LogP contribution in [0.2, 0.25) is 0 Å². The lowest BCUT2D eigenvalue weighted by atomic mass is 9.80. The van der Waals surface area contributed by atoms with Crippen molar-refractivity contribution in [2.45, 2.75) is 86.0 Å². The summed E-state index contributed by atoms with van der Waals surface area (Å²) in [6, 6.07) is 17.6. The number of aldehydes is 1. The van der Waals surface area contributed by atoms with Crippen LogP contribution in [0.1, 0.15) is 123 Å². The minimum atomic E-state index is -0.328. The Kier molecular flexibility index (Phi) is 9.88. The van der Waals surface area contributed by atoms with Gasteiger partial charge >= 0.3 is 0 Å². The summed E-state index contributed by atoms with van der Waals surface area (Å²) in [7, 11) is 3.31. The summed E-state index contributed by atoms with van der Waals surface area (Å²) in [5, 5.41) is 2.88.